The van der Waals surface area contributed by atoms with E-state index >= 15 is 0 Å². The van der Waals surface area contributed by atoms with Crippen LogP contribution in [-0.4, -0.2) is 81.2 Å². The normalized spacial score (nSPS) is 11.4. The number of nitrogens with zero attached hydrogens (tertiary/aromatic N) is 6. The molecule has 0 radical (unpaired) electrons. The van der Waals surface area contributed by atoms with Gasteiger partial charge in [-0.25, -0.2) is 19.9 Å². The van der Waals surface area contributed by atoms with Gasteiger partial charge in [0.05, 0.1) is 34.6 Å². The Bertz CT molecular complexity index is 2210. The number of nitro groups is 1. The molecular formula is C39H46ClN11O4. The van der Waals surface area contributed by atoms with E-state index in [4.69, 9.17) is 27.1 Å². The topological polar surface area (TPSA) is 200 Å². The summed E-state index contributed by atoms with van der Waals surface area (Å²) in [5.74, 6) is 0.948. The van der Waals surface area contributed by atoms with Crippen LogP contribution in [0.25, 0.3) is 33.0 Å². The van der Waals surface area contributed by atoms with E-state index in [0.29, 0.717) is 35.1 Å². The number of amides is 1. The van der Waals surface area contributed by atoms with Crippen molar-refractivity contribution < 1.29 is 14.5 Å². The monoisotopic (exact) mass is 767 g/mol. The van der Waals surface area contributed by atoms with Gasteiger partial charge in [0.2, 0.25) is 0 Å². The van der Waals surface area contributed by atoms with Crippen molar-refractivity contribution in [3.63, 3.8) is 0 Å². The second-order valence-electron chi connectivity index (χ2n) is 13.2. The number of hydrogen-bond donors (Lipinski definition) is 5. The maximum atomic E-state index is 12.3. The highest BCUT2D eigenvalue weighted by Crippen LogP contribution is 2.34. The third-order valence-electron chi connectivity index (χ3n) is 9.17. The Labute approximate surface area is 323 Å². The van der Waals surface area contributed by atoms with Gasteiger partial charge in [0.25, 0.3) is 11.6 Å². The molecule has 0 unspecified atom stereocenters. The molecule has 3 aromatic carbocycles. The smallest absolute Gasteiger partial charge is 0.269 e. The number of nitrogens with one attached hydrogen (secondary N) is 4. The van der Waals surface area contributed by atoms with Gasteiger partial charge in [-0.15, -0.1) is 0 Å². The van der Waals surface area contributed by atoms with Gasteiger partial charge in [-0.2, -0.15) is 0 Å². The SMILES string of the molecule is Nc1ncnc2c1ncn2CCNCCCNCCCNc1c2ccc(Cl)cc2nc2ccc(OCCCCCCNC(=O)c3ccc([N+](=O)[O-])cc3)cc12. The summed E-state index contributed by atoms with van der Waals surface area (Å²) in [7, 11) is 0. The van der Waals surface area contributed by atoms with Crippen molar-refractivity contribution >= 4 is 67.7 Å². The van der Waals surface area contributed by atoms with Crippen LogP contribution in [0.5, 0.6) is 5.75 Å². The van der Waals surface area contributed by atoms with E-state index in [1.807, 2.05) is 34.9 Å². The Hall–Kier alpha value is -5.64. The highest BCUT2D eigenvalue weighted by molar-refractivity contribution is 6.31. The fourth-order valence-corrected chi connectivity index (χ4v) is 6.43. The van der Waals surface area contributed by atoms with Crippen LogP contribution in [0.2, 0.25) is 5.02 Å². The van der Waals surface area contributed by atoms with E-state index < -0.39 is 4.92 Å². The molecule has 0 fully saturated rings. The fourth-order valence-electron chi connectivity index (χ4n) is 6.26. The molecule has 0 bridgehead atoms. The number of halogens is 1. The molecule has 0 aliphatic rings. The first-order chi connectivity index (χ1) is 26.9. The number of unbranched alkanes of at least 4 members (excludes halogenated alkanes) is 3. The van der Waals surface area contributed by atoms with Gasteiger partial charge in [-0.1, -0.05) is 24.4 Å². The van der Waals surface area contributed by atoms with Crippen molar-refractivity contribution in [2.24, 2.45) is 0 Å². The summed E-state index contributed by atoms with van der Waals surface area (Å²) in [6.07, 6.45) is 8.79. The van der Waals surface area contributed by atoms with E-state index in [0.717, 1.165) is 117 Å². The van der Waals surface area contributed by atoms with Gasteiger partial charge < -0.3 is 36.3 Å². The van der Waals surface area contributed by atoms with Gasteiger partial charge in [0.15, 0.2) is 11.5 Å². The highest BCUT2D eigenvalue weighted by Gasteiger charge is 2.12. The van der Waals surface area contributed by atoms with Crippen molar-refractivity contribution in [2.45, 2.75) is 45.1 Å². The first kappa shape index (κ1) is 39.1. The maximum Gasteiger partial charge on any atom is 0.269 e. The lowest BCUT2D eigenvalue weighted by atomic mass is 10.1. The van der Waals surface area contributed by atoms with E-state index in [9.17, 15) is 14.9 Å². The zero-order valence-electron chi connectivity index (χ0n) is 30.6. The standard InChI is InChI=1S/C39H46ClN11O4/c40-28-9-13-31-34(23-28)49-33-14-12-30(55-22-4-2-1-3-18-45-39(52)27-7-10-29(11-8-27)51(53)54)24-32(33)35(31)44-19-6-17-42-15-5-16-43-20-21-50-26-48-36-37(41)46-25-47-38(36)50/h7-14,23-26,42-43H,1-6,15-22H2,(H,44,49)(H,45,52)(H2,41,46,47). The molecule has 3 heterocycles. The number of carbonyl (C=O) groups excluding carboxylic acids is 1. The quantitative estimate of drug-likeness (QED) is 0.0230. The fraction of sp³-hybridized carbons (Fsp3) is 0.359. The van der Waals surface area contributed by atoms with Gasteiger partial charge >= 0.3 is 0 Å². The minimum absolute atomic E-state index is 0.0387. The first-order valence-electron chi connectivity index (χ1n) is 18.6. The number of nitro benzene ring substituents is 1. The summed E-state index contributed by atoms with van der Waals surface area (Å²) in [5.41, 5.74) is 10.4. The number of ether oxygens (including phenoxy) is 1. The minimum atomic E-state index is -0.484. The summed E-state index contributed by atoms with van der Waals surface area (Å²) < 4.78 is 8.13. The summed E-state index contributed by atoms with van der Waals surface area (Å²) >= 11 is 6.33. The largest absolute Gasteiger partial charge is 0.494 e. The number of benzene rings is 3. The maximum absolute atomic E-state index is 12.3. The second kappa shape index (κ2) is 19.6. The molecule has 0 saturated carbocycles. The number of carbonyl (C=O) groups is 1. The highest BCUT2D eigenvalue weighted by atomic mass is 35.5. The van der Waals surface area contributed by atoms with Crippen LogP contribution in [0.4, 0.5) is 17.2 Å². The summed E-state index contributed by atoms with van der Waals surface area (Å²) in [5, 5.41) is 27.0. The molecule has 3 aromatic heterocycles. The van der Waals surface area contributed by atoms with Gasteiger partial charge in [-0.05, 0) is 93.8 Å². The zero-order chi connectivity index (χ0) is 38.4. The molecule has 0 spiro atoms. The molecule has 6 rings (SSSR count). The molecule has 0 atom stereocenters. The molecule has 55 heavy (non-hydrogen) atoms. The van der Waals surface area contributed by atoms with Crippen molar-refractivity contribution in [3.8, 4) is 5.75 Å². The Morgan fingerprint density at radius 3 is 2.42 bits per heavy atom. The lowest BCUT2D eigenvalue weighted by molar-refractivity contribution is -0.384. The van der Waals surface area contributed by atoms with E-state index in [2.05, 4.69) is 42.3 Å². The summed E-state index contributed by atoms with van der Waals surface area (Å²) in [6, 6.07) is 17.4. The van der Waals surface area contributed by atoms with Crippen molar-refractivity contribution in [1.29, 1.82) is 0 Å². The second-order valence-corrected chi connectivity index (χ2v) is 13.6. The van der Waals surface area contributed by atoms with E-state index in [-0.39, 0.29) is 11.6 Å². The molecule has 288 valence electrons. The molecule has 6 aromatic rings. The Morgan fingerprint density at radius 2 is 1.60 bits per heavy atom. The Balaban J connectivity index is 0.894. The number of nitrogens with two attached hydrogens (primary N) is 1. The summed E-state index contributed by atoms with van der Waals surface area (Å²) in [4.78, 5) is 40.1. The third kappa shape index (κ3) is 10.7. The van der Waals surface area contributed by atoms with Crippen LogP contribution >= 0.6 is 11.6 Å². The molecular weight excluding hydrogens is 722 g/mol. The molecule has 0 saturated heterocycles. The zero-order valence-corrected chi connectivity index (χ0v) is 31.4. The van der Waals surface area contributed by atoms with Crippen LogP contribution in [0, 0.1) is 10.1 Å². The Morgan fingerprint density at radius 1 is 0.818 bits per heavy atom. The van der Waals surface area contributed by atoms with Crippen LogP contribution in [0.15, 0.2) is 73.3 Å². The van der Waals surface area contributed by atoms with Crippen LogP contribution in [0.3, 0.4) is 0 Å². The number of nitrogen functional groups attached to an aromatic ring is 1. The van der Waals surface area contributed by atoms with Crippen LogP contribution < -0.4 is 31.7 Å². The number of anilines is 2. The number of aromatic nitrogens is 5. The molecule has 16 heteroatoms. The average Bonchev–Trinajstić information content (AvgIpc) is 3.61. The molecule has 0 aliphatic carbocycles. The number of rotatable bonds is 22. The Kier molecular flexibility index (Phi) is 13.9. The van der Waals surface area contributed by atoms with E-state index in [1.54, 1.807) is 6.33 Å². The predicted octanol–water partition coefficient (Wildman–Crippen LogP) is 6.11. The van der Waals surface area contributed by atoms with E-state index in [1.165, 1.54) is 30.6 Å². The predicted molar refractivity (Wildman–Crippen MR) is 217 cm³/mol. The number of non-ortho nitro benzene ring substituents is 1. The minimum Gasteiger partial charge on any atom is -0.494 e. The molecule has 1 amide bonds. The number of hydrogen-bond acceptors (Lipinski definition) is 12. The number of pyridine rings is 1. The van der Waals surface area contributed by atoms with Crippen LogP contribution in [-0.2, 0) is 6.54 Å². The van der Waals surface area contributed by atoms with Crippen molar-refractivity contribution in [3.05, 3.63) is 94.0 Å². The lowest BCUT2D eigenvalue weighted by Crippen LogP contribution is -2.25. The molecule has 6 N–H and O–H groups in total. The molecule has 0 aliphatic heterocycles. The van der Waals surface area contributed by atoms with Crippen LogP contribution in [0.1, 0.15) is 48.9 Å². The van der Waals surface area contributed by atoms with Gasteiger partial charge in [-0.3, -0.25) is 14.9 Å². The number of fused-ring (bicyclic) bond motifs is 3. The molecule has 15 nitrogen and oxygen atoms in total. The number of imidazole rings is 1. The van der Waals surface area contributed by atoms with Gasteiger partial charge in [0.1, 0.15) is 17.6 Å². The summed E-state index contributed by atoms with van der Waals surface area (Å²) in [6.45, 7) is 6.19. The van der Waals surface area contributed by atoms with Gasteiger partial charge in [0, 0.05) is 59.7 Å². The third-order valence-corrected chi connectivity index (χ3v) is 9.41. The average molecular weight is 768 g/mol. The lowest BCUT2D eigenvalue weighted by Gasteiger charge is -2.15. The van der Waals surface area contributed by atoms with Crippen molar-refractivity contribution in [1.82, 2.24) is 40.5 Å². The first-order valence-corrected chi connectivity index (χ1v) is 19.0. The van der Waals surface area contributed by atoms with Crippen molar-refractivity contribution in [2.75, 3.05) is 56.9 Å².